The Morgan fingerprint density at radius 1 is 1.27 bits per heavy atom. The largest absolute Gasteiger partial charge is 0.302 e. The lowest BCUT2D eigenvalue weighted by Crippen LogP contribution is -2.31. The summed E-state index contributed by atoms with van der Waals surface area (Å²) in [5.41, 5.74) is 2.86. The van der Waals surface area contributed by atoms with E-state index in [9.17, 15) is 9.59 Å². The number of nitrogens with zero attached hydrogens (tertiary/aromatic N) is 2. The molecule has 152 valence electrons. The number of amides is 2. The van der Waals surface area contributed by atoms with Gasteiger partial charge in [0.2, 0.25) is 5.91 Å². The van der Waals surface area contributed by atoms with Gasteiger partial charge in [-0.05, 0) is 48.4 Å². The number of nitrogens with one attached hydrogen (secondary N) is 1. The number of fused-ring (bicyclic) bond motifs is 1. The molecular weight excluding hydrogens is 458 g/mol. The number of aryl methyl sites for hydroxylation is 1. The van der Waals surface area contributed by atoms with E-state index in [4.69, 9.17) is 23.8 Å². The first-order valence-electron chi connectivity index (χ1n) is 9.07. The fourth-order valence-corrected chi connectivity index (χ4v) is 5.30. The predicted molar refractivity (Wildman–Crippen MR) is 129 cm³/mol. The molecule has 0 atom stereocenters. The second-order valence-corrected chi connectivity index (χ2v) is 9.82. The van der Waals surface area contributed by atoms with Crippen molar-refractivity contribution in [2.75, 3.05) is 11.9 Å². The van der Waals surface area contributed by atoms with Gasteiger partial charge in [0.1, 0.15) is 4.32 Å². The van der Waals surface area contributed by atoms with Gasteiger partial charge in [0.15, 0.2) is 5.13 Å². The van der Waals surface area contributed by atoms with E-state index < -0.39 is 0 Å². The van der Waals surface area contributed by atoms with Gasteiger partial charge < -0.3 is 5.32 Å². The van der Waals surface area contributed by atoms with Gasteiger partial charge in [-0.3, -0.25) is 14.5 Å². The van der Waals surface area contributed by atoms with Crippen LogP contribution in [0.1, 0.15) is 17.5 Å². The van der Waals surface area contributed by atoms with Crippen LogP contribution in [0, 0.1) is 6.92 Å². The molecule has 0 aliphatic carbocycles. The summed E-state index contributed by atoms with van der Waals surface area (Å²) >= 11 is 13.9. The molecular formula is C21H16ClN3O2S3. The summed E-state index contributed by atoms with van der Waals surface area (Å²) in [4.78, 5) is 31.5. The van der Waals surface area contributed by atoms with Gasteiger partial charge in [-0.1, -0.05) is 65.1 Å². The van der Waals surface area contributed by atoms with Crippen LogP contribution in [0.25, 0.3) is 16.3 Å². The fourth-order valence-electron chi connectivity index (χ4n) is 2.88. The molecule has 1 aliphatic rings. The number of thiazole rings is 1. The third-order valence-electron chi connectivity index (χ3n) is 4.39. The Kier molecular flexibility index (Phi) is 6.19. The Bertz CT molecular complexity index is 1190. The summed E-state index contributed by atoms with van der Waals surface area (Å²) < 4.78 is 1.47. The summed E-state index contributed by atoms with van der Waals surface area (Å²) in [6.45, 7) is 2.24. The molecule has 30 heavy (non-hydrogen) atoms. The van der Waals surface area contributed by atoms with Crippen LogP contribution in [0.15, 0.2) is 47.4 Å². The van der Waals surface area contributed by atoms with E-state index in [1.54, 1.807) is 18.2 Å². The van der Waals surface area contributed by atoms with Crippen LogP contribution in [0.2, 0.25) is 5.02 Å². The summed E-state index contributed by atoms with van der Waals surface area (Å²) in [5, 5.41) is 4.00. The van der Waals surface area contributed by atoms with Crippen molar-refractivity contribution in [2.24, 2.45) is 0 Å². The van der Waals surface area contributed by atoms with Gasteiger partial charge in [-0.2, -0.15) is 0 Å². The van der Waals surface area contributed by atoms with E-state index in [-0.39, 0.29) is 24.8 Å². The number of rotatable bonds is 5. The Balaban J connectivity index is 1.37. The lowest BCUT2D eigenvalue weighted by Gasteiger charge is -2.13. The normalized spacial score (nSPS) is 15.4. The number of carbonyl (C=O) groups is 2. The van der Waals surface area contributed by atoms with Crippen molar-refractivity contribution in [3.05, 3.63) is 63.5 Å². The molecule has 2 aromatic carbocycles. The second-order valence-electron chi connectivity index (χ2n) is 6.67. The molecule has 9 heteroatoms. The van der Waals surface area contributed by atoms with Crippen molar-refractivity contribution in [2.45, 2.75) is 13.3 Å². The molecule has 1 fully saturated rings. The molecule has 3 aromatic rings. The highest BCUT2D eigenvalue weighted by atomic mass is 35.5. The Morgan fingerprint density at radius 3 is 2.80 bits per heavy atom. The average Bonchev–Trinajstić information content (AvgIpc) is 3.21. The first kappa shape index (κ1) is 21.0. The van der Waals surface area contributed by atoms with Crippen molar-refractivity contribution in [1.82, 2.24) is 9.88 Å². The molecule has 5 nitrogen and oxygen atoms in total. The molecule has 0 radical (unpaired) electrons. The standard InChI is InChI=1S/C21H16ClN3O2S3/c1-12-2-7-15-16(10-12)29-20(23-15)24-18(26)8-9-25-19(27)17(30-21(25)28)11-13-3-5-14(22)6-4-13/h2-7,10-11H,8-9H2,1H3,(H,23,24,26)/b17-11-. The summed E-state index contributed by atoms with van der Waals surface area (Å²) in [7, 11) is 0. The van der Waals surface area contributed by atoms with E-state index in [1.807, 2.05) is 37.3 Å². The number of halogens is 1. The predicted octanol–water partition coefficient (Wildman–Crippen LogP) is 5.49. The van der Waals surface area contributed by atoms with Gasteiger partial charge in [-0.25, -0.2) is 4.98 Å². The van der Waals surface area contributed by atoms with Crippen LogP contribution in [0.3, 0.4) is 0 Å². The van der Waals surface area contributed by atoms with Crippen molar-refractivity contribution in [3.8, 4) is 0 Å². The number of hydrogen-bond donors (Lipinski definition) is 1. The van der Waals surface area contributed by atoms with Gasteiger partial charge in [-0.15, -0.1) is 0 Å². The van der Waals surface area contributed by atoms with Crippen LogP contribution in [-0.2, 0) is 9.59 Å². The first-order chi connectivity index (χ1) is 14.4. The molecule has 1 aromatic heterocycles. The smallest absolute Gasteiger partial charge is 0.266 e. The first-order valence-corrected chi connectivity index (χ1v) is 11.5. The fraction of sp³-hybridized carbons (Fsp3) is 0.143. The highest BCUT2D eigenvalue weighted by molar-refractivity contribution is 8.26. The van der Waals surface area contributed by atoms with Gasteiger partial charge in [0.25, 0.3) is 5.91 Å². The number of aromatic nitrogens is 1. The molecule has 1 aliphatic heterocycles. The number of benzene rings is 2. The maximum absolute atomic E-state index is 12.7. The third-order valence-corrected chi connectivity index (χ3v) is 6.96. The lowest BCUT2D eigenvalue weighted by atomic mass is 10.2. The lowest BCUT2D eigenvalue weighted by molar-refractivity contribution is -0.122. The third kappa shape index (κ3) is 4.73. The van der Waals surface area contributed by atoms with E-state index in [2.05, 4.69) is 10.3 Å². The average molecular weight is 474 g/mol. The zero-order valence-corrected chi connectivity index (χ0v) is 19.1. The Labute approximate surface area is 192 Å². The molecule has 1 saturated heterocycles. The van der Waals surface area contributed by atoms with Crippen LogP contribution < -0.4 is 5.32 Å². The van der Waals surface area contributed by atoms with E-state index in [0.717, 1.165) is 21.3 Å². The van der Waals surface area contributed by atoms with E-state index in [0.29, 0.717) is 19.4 Å². The van der Waals surface area contributed by atoms with Crippen LogP contribution >= 0.6 is 46.9 Å². The summed E-state index contributed by atoms with van der Waals surface area (Å²) in [5.74, 6) is -0.398. The molecule has 0 saturated carbocycles. The number of hydrogen-bond acceptors (Lipinski definition) is 6. The quantitative estimate of drug-likeness (QED) is 0.392. The number of thiocarbonyl (C=S) groups is 1. The maximum Gasteiger partial charge on any atom is 0.266 e. The number of carbonyl (C=O) groups excluding carboxylic acids is 2. The number of thioether (sulfide) groups is 1. The van der Waals surface area contributed by atoms with Crippen LogP contribution in [-0.4, -0.2) is 32.6 Å². The SMILES string of the molecule is Cc1ccc2nc(NC(=O)CCN3C(=O)/C(=C/c4ccc(Cl)cc4)SC3=S)sc2c1. The van der Waals surface area contributed by atoms with Crippen molar-refractivity contribution in [3.63, 3.8) is 0 Å². The molecule has 0 spiro atoms. The van der Waals surface area contributed by atoms with E-state index >= 15 is 0 Å². The highest BCUT2D eigenvalue weighted by Crippen LogP contribution is 2.33. The summed E-state index contributed by atoms with van der Waals surface area (Å²) in [6, 6.07) is 13.2. The molecule has 0 bridgehead atoms. The monoisotopic (exact) mass is 473 g/mol. The molecule has 1 N–H and O–H groups in total. The molecule has 2 heterocycles. The molecule has 2 amide bonds. The van der Waals surface area contributed by atoms with E-state index in [1.165, 1.54) is 28.0 Å². The Hall–Kier alpha value is -2.26. The number of anilines is 1. The molecule has 0 unspecified atom stereocenters. The van der Waals surface area contributed by atoms with Crippen molar-refractivity contribution >= 4 is 84.5 Å². The topological polar surface area (TPSA) is 62.3 Å². The minimum Gasteiger partial charge on any atom is -0.302 e. The maximum atomic E-state index is 12.7. The van der Waals surface area contributed by atoms with Crippen LogP contribution in [0.5, 0.6) is 0 Å². The van der Waals surface area contributed by atoms with Crippen molar-refractivity contribution in [1.29, 1.82) is 0 Å². The Morgan fingerprint density at radius 2 is 2.03 bits per heavy atom. The van der Waals surface area contributed by atoms with Crippen molar-refractivity contribution < 1.29 is 9.59 Å². The highest BCUT2D eigenvalue weighted by Gasteiger charge is 2.32. The van der Waals surface area contributed by atoms with Gasteiger partial charge >= 0.3 is 0 Å². The minimum atomic E-state index is -0.207. The van der Waals surface area contributed by atoms with Gasteiger partial charge in [0.05, 0.1) is 15.1 Å². The second kappa shape index (κ2) is 8.85. The van der Waals surface area contributed by atoms with Crippen LogP contribution in [0.4, 0.5) is 5.13 Å². The van der Waals surface area contributed by atoms with Gasteiger partial charge in [0, 0.05) is 18.0 Å². The summed E-state index contributed by atoms with van der Waals surface area (Å²) in [6.07, 6.45) is 1.91. The zero-order valence-electron chi connectivity index (χ0n) is 15.8. The molecule has 4 rings (SSSR count). The zero-order chi connectivity index (χ0) is 21.3. The minimum absolute atomic E-state index is 0.135.